The second kappa shape index (κ2) is 17.3. The van der Waals surface area contributed by atoms with Crippen molar-refractivity contribution >= 4 is 72.5 Å². The number of ether oxygens (including phenoxy) is 5. The second-order valence-electron chi connectivity index (χ2n) is 16.7. The van der Waals surface area contributed by atoms with E-state index in [9.17, 15) is 4.79 Å². The van der Waals surface area contributed by atoms with Gasteiger partial charge in [0.25, 0.3) is 0 Å². The van der Waals surface area contributed by atoms with Crippen LogP contribution >= 0.6 is 4.00 Å². The average Bonchev–Trinajstić information content (AvgIpc) is 3.90. The molecular weight excluding hydrogens is 950 g/mol. The third-order valence-electron chi connectivity index (χ3n) is 11.5. The van der Waals surface area contributed by atoms with Crippen LogP contribution in [-0.2, 0) is 26.0 Å². The number of carbonyl (C=O) groups excluding carboxylic acids is 1. The van der Waals surface area contributed by atoms with Gasteiger partial charge in [-0.3, -0.25) is 9.80 Å². The summed E-state index contributed by atoms with van der Waals surface area (Å²) < 4.78 is 34.0. The first-order chi connectivity index (χ1) is 27.5. The van der Waals surface area contributed by atoms with Gasteiger partial charge in [0.2, 0.25) is 0 Å². The number of hydrogen-bond acceptors (Lipinski definition) is 11. The van der Waals surface area contributed by atoms with Crippen molar-refractivity contribution in [3.63, 3.8) is 0 Å². The van der Waals surface area contributed by atoms with Crippen LogP contribution < -0.4 is 14.4 Å². The normalized spacial score (nSPS) is 20.2. The summed E-state index contributed by atoms with van der Waals surface area (Å²) in [6, 6.07) is 15.2. The van der Waals surface area contributed by atoms with E-state index in [1.807, 2.05) is 25.7 Å². The zero-order chi connectivity index (χ0) is 39.7. The molecule has 4 heterocycles. The minimum absolute atomic E-state index is 0.0297. The van der Waals surface area contributed by atoms with Crippen LogP contribution in [0, 0.1) is 21.7 Å². The topological polar surface area (TPSA) is 98.7 Å². The molecule has 4 fully saturated rings. The third-order valence-corrected chi connectivity index (χ3v) is 17.8. The summed E-state index contributed by atoms with van der Waals surface area (Å²) in [5, 5.41) is 3.07. The van der Waals surface area contributed by atoms with Crippen molar-refractivity contribution in [3.8, 4) is 32.3 Å². The fraction of sp³-hybridized carbons (Fsp3) is 0.512. The van der Waals surface area contributed by atoms with Gasteiger partial charge in [-0.25, -0.2) is 4.79 Å². The summed E-state index contributed by atoms with van der Waals surface area (Å²) in [5.41, 5.74) is 4.43. The van der Waals surface area contributed by atoms with E-state index < -0.39 is 28.7 Å². The van der Waals surface area contributed by atoms with E-state index in [0.717, 1.165) is 112 Å². The van der Waals surface area contributed by atoms with Crippen molar-refractivity contribution in [2.75, 3.05) is 71.3 Å². The number of morpholine rings is 1. The van der Waals surface area contributed by atoms with Crippen LogP contribution in [0.3, 0.4) is 0 Å². The van der Waals surface area contributed by atoms with Gasteiger partial charge in [-0.05, 0) is 46.5 Å². The molecule has 1 saturated carbocycles. The number of fused-ring (bicyclic) bond motifs is 4. The fourth-order valence-corrected chi connectivity index (χ4v) is 12.1. The number of piperazine rings is 1. The zero-order valence-electron chi connectivity index (χ0n) is 33.5. The summed E-state index contributed by atoms with van der Waals surface area (Å²) in [5.74, 6) is 5.04. The molecule has 2 unspecified atom stereocenters. The molecular formula is C43H50N5O6PSTl+. The summed E-state index contributed by atoms with van der Waals surface area (Å²) in [7, 11) is 1.63. The first kappa shape index (κ1) is 40.7. The molecule has 0 spiro atoms. The Hall–Kier alpha value is -3.06. The number of methoxy groups -OCH3 is 1. The van der Waals surface area contributed by atoms with Crippen LogP contribution in [0.4, 0.5) is 10.6 Å². The maximum atomic E-state index is 13.4. The predicted molar refractivity (Wildman–Crippen MR) is 228 cm³/mol. The third kappa shape index (κ3) is 9.09. The summed E-state index contributed by atoms with van der Waals surface area (Å²) in [6.45, 7) is 14.4. The number of aryl methyl sites for hydroxylation is 1. The van der Waals surface area contributed by atoms with Gasteiger partial charge in [0, 0.05) is 25.0 Å². The van der Waals surface area contributed by atoms with Gasteiger partial charge in [0.15, 0.2) is 0 Å². The number of benzene rings is 3. The average molecular weight is 1000 g/mol. The van der Waals surface area contributed by atoms with Gasteiger partial charge in [0.1, 0.15) is 5.60 Å². The van der Waals surface area contributed by atoms with Crippen LogP contribution in [0.5, 0.6) is 11.8 Å². The summed E-state index contributed by atoms with van der Waals surface area (Å²) in [4.78, 5) is 30.6. The SMILES string of the molecule is COCOc1cc(-c2ccc3c(N4CC5CCC(C4)N5C(=O)OC(C)(C)C)nc(OCC4(CN5CCOCC5)CC4)nc3c2C)c2c(C#[C][Tl]=[P+]=S)cccc2c1. The fourth-order valence-electron chi connectivity index (χ4n) is 8.62. The van der Waals surface area contributed by atoms with E-state index in [1.165, 1.54) is 0 Å². The molecule has 1 aromatic heterocycles. The Morgan fingerprint density at radius 3 is 2.53 bits per heavy atom. The number of carbonyl (C=O) groups is 1. The Morgan fingerprint density at radius 2 is 1.82 bits per heavy atom. The molecule has 14 heteroatoms. The molecule has 296 valence electrons. The second-order valence-corrected chi connectivity index (χ2v) is 29.4. The number of nitrogens with zero attached hydrogens (tertiary/aromatic N) is 5. The molecule has 2 bridgehead atoms. The van der Waals surface area contributed by atoms with E-state index in [0.29, 0.717) is 31.5 Å². The van der Waals surface area contributed by atoms with Crippen LogP contribution in [0.1, 0.15) is 57.6 Å². The number of hydrogen-bond donors (Lipinski definition) is 0. The molecule has 0 radical (unpaired) electrons. The van der Waals surface area contributed by atoms with E-state index >= 15 is 0 Å². The summed E-state index contributed by atoms with van der Waals surface area (Å²) in [6.07, 6.45) is 3.87. The van der Waals surface area contributed by atoms with E-state index in [4.69, 9.17) is 45.5 Å². The quantitative estimate of drug-likeness (QED) is 0.0702. The standard InChI is InChI=1S/C43H50N5O6.PS.Tl/c1-7-29-9-8-10-30-21-33(53-27-50-6)22-36(37(29)30)34-13-14-35-38(28(34)2)44-40(52-26-43(15-16-43)25-46-17-19-51-20-18-46)45-39(35)47-23-31-11-12-32(24-47)48(31)41(49)54-42(3,4)5;1-2;/h8-10,13-14,21-22,31-32H,11-12,15-20,23-27H2,2-6H3;;/q;-1;+2. The molecule has 0 N–H and O–H groups in total. The van der Waals surface area contributed by atoms with Crippen molar-refractivity contribution in [1.82, 2.24) is 19.8 Å². The first-order valence-electron chi connectivity index (χ1n) is 19.9. The van der Waals surface area contributed by atoms with Crippen LogP contribution in [-0.4, -0.2) is 133 Å². The monoisotopic (exact) mass is 1000 g/mol. The molecule has 1 amide bonds. The Kier molecular flexibility index (Phi) is 12.3. The van der Waals surface area contributed by atoms with Crippen LogP contribution in [0.25, 0.3) is 32.8 Å². The van der Waals surface area contributed by atoms with Gasteiger partial charge < -0.3 is 9.47 Å². The molecule has 3 aliphatic heterocycles. The Labute approximate surface area is 352 Å². The molecule has 4 aliphatic rings. The molecule has 3 aromatic carbocycles. The summed E-state index contributed by atoms with van der Waals surface area (Å²) >= 11 is 3.96. The zero-order valence-corrected chi connectivity index (χ0v) is 39.7. The number of aromatic nitrogens is 2. The van der Waals surface area contributed by atoms with Gasteiger partial charge in [-0.2, -0.15) is 0 Å². The molecule has 1 aliphatic carbocycles. The Morgan fingerprint density at radius 1 is 1.05 bits per heavy atom. The first-order valence-corrected chi connectivity index (χ1v) is 30.1. The molecule has 11 nitrogen and oxygen atoms in total. The number of anilines is 1. The number of rotatable bonds is 10. The molecule has 3 saturated heterocycles. The van der Waals surface area contributed by atoms with Crippen LogP contribution in [0.2, 0.25) is 0 Å². The minimum atomic E-state index is -1.31. The Balaban J connectivity index is 1.21. The van der Waals surface area contributed by atoms with Crippen molar-refractivity contribution in [3.05, 3.63) is 53.6 Å². The van der Waals surface area contributed by atoms with Crippen molar-refractivity contribution in [1.29, 1.82) is 0 Å². The number of amides is 1. The van der Waals surface area contributed by atoms with Crippen LogP contribution in [0.15, 0.2) is 42.5 Å². The van der Waals surface area contributed by atoms with E-state index in [2.05, 4.69) is 68.6 Å². The van der Waals surface area contributed by atoms with Crippen molar-refractivity contribution in [2.24, 2.45) is 5.41 Å². The van der Waals surface area contributed by atoms with E-state index in [1.54, 1.807) is 7.11 Å². The van der Waals surface area contributed by atoms with Crippen molar-refractivity contribution in [2.45, 2.75) is 71.1 Å². The van der Waals surface area contributed by atoms with E-state index in [-0.39, 0.29) is 30.4 Å². The van der Waals surface area contributed by atoms with Gasteiger partial charge in [-0.15, -0.1) is 0 Å². The maximum absolute atomic E-state index is 13.4. The van der Waals surface area contributed by atoms with Gasteiger partial charge in [0.05, 0.1) is 25.3 Å². The van der Waals surface area contributed by atoms with Crippen molar-refractivity contribution < 1.29 is 28.5 Å². The molecule has 8 rings (SSSR count). The molecule has 2 atom stereocenters. The molecule has 4 aromatic rings. The van der Waals surface area contributed by atoms with Gasteiger partial charge in [-0.1, -0.05) is 0 Å². The molecule has 57 heavy (non-hydrogen) atoms. The predicted octanol–water partition coefficient (Wildman–Crippen LogP) is 7.16. The van der Waals surface area contributed by atoms with Gasteiger partial charge >= 0.3 is 228 Å². The Bertz CT molecular complexity index is 2280.